The quantitative estimate of drug-likeness (QED) is 0.753. The van der Waals surface area contributed by atoms with Gasteiger partial charge in [-0.1, -0.05) is 13.8 Å². The first kappa shape index (κ1) is 14.8. The predicted octanol–water partition coefficient (Wildman–Crippen LogP) is 2.22. The molecule has 6 heteroatoms. The van der Waals surface area contributed by atoms with Gasteiger partial charge < -0.3 is 20.8 Å². The Morgan fingerprint density at radius 3 is 3.00 bits per heavy atom. The number of nitrogens with zero attached hydrogens (tertiary/aromatic N) is 1. The van der Waals surface area contributed by atoms with Crippen LogP contribution in [0.25, 0.3) is 11.0 Å². The normalized spacial score (nSPS) is 18.2. The summed E-state index contributed by atoms with van der Waals surface area (Å²) in [5.74, 6) is 0.0778. The fraction of sp³-hybridized carbons (Fsp3) is 0.500. The molecule has 118 valence electrons. The van der Waals surface area contributed by atoms with Crippen LogP contribution in [0.15, 0.2) is 16.9 Å². The molecule has 2 heterocycles. The van der Waals surface area contributed by atoms with Crippen LogP contribution >= 0.6 is 0 Å². The van der Waals surface area contributed by atoms with Crippen LogP contribution in [0.4, 0.5) is 11.4 Å². The molecule has 1 fully saturated rings. The topological polar surface area (TPSA) is 93.0 Å². The van der Waals surface area contributed by atoms with Crippen LogP contribution in [0.1, 0.15) is 38.3 Å². The van der Waals surface area contributed by atoms with E-state index in [4.69, 9.17) is 10.5 Å². The van der Waals surface area contributed by atoms with E-state index in [0.29, 0.717) is 16.9 Å². The largest absolute Gasteiger partial charge is 0.397 e. The summed E-state index contributed by atoms with van der Waals surface area (Å²) in [6, 6.07) is 3.65. The zero-order valence-electron chi connectivity index (χ0n) is 13.0. The number of nitrogen functional groups attached to an aromatic ring is 1. The number of aromatic amines is 1. The van der Waals surface area contributed by atoms with Gasteiger partial charge in [0.05, 0.1) is 28.5 Å². The Kier molecular flexibility index (Phi) is 4.02. The molecular weight excluding hydrogens is 280 g/mol. The van der Waals surface area contributed by atoms with Gasteiger partial charge in [0.1, 0.15) is 5.69 Å². The smallest absolute Gasteiger partial charge is 0.270 e. The molecule has 1 aromatic carbocycles. The van der Waals surface area contributed by atoms with E-state index in [-0.39, 0.29) is 17.6 Å². The van der Waals surface area contributed by atoms with Crippen LogP contribution in [-0.4, -0.2) is 29.2 Å². The van der Waals surface area contributed by atoms with Crippen molar-refractivity contribution in [2.24, 2.45) is 0 Å². The SMILES string of the molecule is CC(C)c1nc2cc(NCC3CCCO3)c(N)cc2[nH]c1=O. The molecule has 6 nitrogen and oxygen atoms in total. The van der Waals surface area contributed by atoms with E-state index >= 15 is 0 Å². The van der Waals surface area contributed by atoms with Gasteiger partial charge >= 0.3 is 0 Å². The average molecular weight is 302 g/mol. The van der Waals surface area contributed by atoms with Gasteiger partial charge in [0, 0.05) is 19.1 Å². The molecule has 0 saturated carbocycles. The highest BCUT2D eigenvalue weighted by molar-refractivity contribution is 5.86. The molecule has 1 atom stereocenters. The molecule has 0 bridgehead atoms. The molecule has 0 spiro atoms. The number of aromatic nitrogens is 2. The van der Waals surface area contributed by atoms with Crippen LogP contribution in [0.5, 0.6) is 0 Å². The third-order valence-electron chi connectivity index (χ3n) is 3.98. The lowest BCUT2D eigenvalue weighted by atomic mass is 10.1. The highest BCUT2D eigenvalue weighted by atomic mass is 16.5. The van der Waals surface area contributed by atoms with Crippen molar-refractivity contribution in [2.45, 2.75) is 38.7 Å². The van der Waals surface area contributed by atoms with Gasteiger partial charge in [-0.3, -0.25) is 4.79 Å². The van der Waals surface area contributed by atoms with Crippen molar-refractivity contribution in [1.29, 1.82) is 0 Å². The van der Waals surface area contributed by atoms with Crippen LogP contribution in [0.3, 0.4) is 0 Å². The first-order valence-corrected chi connectivity index (χ1v) is 7.73. The Hall–Kier alpha value is -2.08. The number of nitrogens with two attached hydrogens (primary N) is 1. The van der Waals surface area contributed by atoms with Crippen LogP contribution in [0, 0.1) is 0 Å². The van der Waals surface area contributed by atoms with E-state index in [0.717, 1.165) is 37.2 Å². The third kappa shape index (κ3) is 2.92. The Labute approximate surface area is 129 Å². The molecule has 4 N–H and O–H groups in total. The first-order valence-electron chi connectivity index (χ1n) is 7.73. The minimum absolute atomic E-state index is 0.0778. The summed E-state index contributed by atoms with van der Waals surface area (Å²) in [5.41, 5.74) is 9.29. The van der Waals surface area contributed by atoms with Crippen LogP contribution in [0.2, 0.25) is 0 Å². The lowest BCUT2D eigenvalue weighted by molar-refractivity contribution is 0.120. The average Bonchev–Trinajstić information content (AvgIpc) is 2.97. The number of H-pyrrole nitrogens is 1. The number of ether oxygens (including phenoxy) is 1. The molecule has 1 aliphatic rings. The second-order valence-corrected chi connectivity index (χ2v) is 6.08. The maximum absolute atomic E-state index is 12.0. The number of nitrogens with one attached hydrogen (secondary N) is 2. The van der Waals surface area contributed by atoms with E-state index in [1.165, 1.54) is 0 Å². The Bertz CT molecular complexity index is 733. The van der Waals surface area contributed by atoms with Crippen LogP contribution < -0.4 is 16.6 Å². The van der Waals surface area contributed by atoms with Crippen molar-refractivity contribution in [2.75, 3.05) is 24.2 Å². The first-order chi connectivity index (χ1) is 10.5. The zero-order valence-corrected chi connectivity index (χ0v) is 13.0. The summed E-state index contributed by atoms with van der Waals surface area (Å²) in [4.78, 5) is 19.3. The Morgan fingerprint density at radius 1 is 1.50 bits per heavy atom. The summed E-state index contributed by atoms with van der Waals surface area (Å²) in [6.07, 6.45) is 2.42. The van der Waals surface area contributed by atoms with Crippen molar-refractivity contribution in [1.82, 2.24) is 9.97 Å². The lowest BCUT2D eigenvalue weighted by Crippen LogP contribution is -2.19. The molecule has 3 rings (SSSR count). The number of rotatable bonds is 4. The molecule has 0 radical (unpaired) electrons. The molecular formula is C16H22N4O2. The molecule has 2 aromatic rings. The predicted molar refractivity (Wildman–Crippen MR) is 88.3 cm³/mol. The minimum Gasteiger partial charge on any atom is -0.397 e. The summed E-state index contributed by atoms with van der Waals surface area (Å²) in [6.45, 7) is 5.48. The monoisotopic (exact) mass is 302 g/mol. The molecule has 1 aliphatic heterocycles. The fourth-order valence-corrected chi connectivity index (χ4v) is 2.74. The highest BCUT2D eigenvalue weighted by Crippen LogP contribution is 2.25. The highest BCUT2D eigenvalue weighted by Gasteiger charge is 2.16. The van der Waals surface area contributed by atoms with Crippen molar-refractivity contribution in [3.05, 3.63) is 28.2 Å². The van der Waals surface area contributed by atoms with E-state index in [9.17, 15) is 4.79 Å². The number of hydrogen-bond acceptors (Lipinski definition) is 5. The maximum atomic E-state index is 12.0. The molecule has 1 unspecified atom stereocenters. The van der Waals surface area contributed by atoms with E-state index < -0.39 is 0 Å². The summed E-state index contributed by atoms with van der Waals surface area (Å²) in [5, 5.41) is 3.33. The van der Waals surface area contributed by atoms with Gasteiger partial charge in [0.25, 0.3) is 5.56 Å². The molecule has 1 saturated heterocycles. The Morgan fingerprint density at radius 2 is 2.32 bits per heavy atom. The second-order valence-electron chi connectivity index (χ2n) is 6.08. The minimum atomic E-state index is -0.151. The van der Waals surface area contributed by atoms with Crippen LogP contribution in [-0.2, 0) is 4.74 Å². The van der Waals surface area contributed by atoms with Crippen molar-refractivity contribution in [3.8, 4) is 0 Å². The Balaban J connectivity index is 1.91. The zero-order chi connectivity index (χ0) is 15.7. The van der Waals surface area contributed by atoms with Gasteiger partial charge in [-0.15, -0.1) is 0 Å². The number of benzene rings is 1. The van der Waals surface area contributed by atoms with Gasteiger partial charge in [0.2, 0.25) is 0 Å². The second kappa shape index (κ2) is 5.96. The summed E-state index contributed by atoms with van der Waals surface area (Å²) < 4.78 is 5.60. The fourth-order valence-electron chi connectivity index (χ4n) is 2.74. The standard InChI is InChI=1S/C16H22N4O2/c1-9(2)15-16(21)20-13-6-11(17)12(7-14(13)19-15)18-8-10-4-3-5-22-10/h6-7,9-10,18H,3-5,8,17H2,1-2H3,(H,20,21). The molecule has 1 aromatic heterocycles. The van der Waals surface area contributed by atoms with Crippen molar-refractivity contribution in [3.63, 3.8) is 0 Å². The number of anilines is 2. The lowest BCUT2D eigenvalue weighted by Gasteiger charge is -2.14. The maximum Gasteiger partial charge on any atom is 0.270 e. The summed E-state index contributed by atoms with van der Waals surface area (Å²) >= 11 is 0. The van der Waals surface area contributed by atoms with Gasteiger partial charge in [-0.2, -0.15) is 0 Å². The number of fused-ring (bicyclic) bond motifs is 1. The van der Waals surface area contributed by atoms with E-state index in [1.807, 2.05) is 19.9 Å². The third-order valence-corrected chi connectivity index (χ3v) is 3.98. The molecule has 22 heavy (non-hydrogen) atoms. The van der Waals surface area contributed by atoms with Gasteiger partial charge in [-0.25, -0.2) is 4.98 Å². The van der Waals surface area contributed by atoms with Crippen molar-refractivity contribution < 1.29 is 4.74 Å². The van der Waals surface area contributed by atoms with Gasteiger partial charge in [0.15, 0.2) is 0 Å². The number of hydrogen-bond donors (Lipinski definition) is 3. The summed E-state index contributed by atoms with van der Waals surface area (Å²) in [7, 11) is 0. The van der Waals surface area contributed by atoms with E-state index in [1.54, 1.807) is 6.07 Å². The van der Waals surface area contributed by atoms with Gasteiger partial charge in [-0.05, 0) is 25.0 Å². The van der Waals surface area contributed by atoms with Crippen molar-refractivity contribution >= 4 is 22.4 Å². The van der Waals surface area contributed by atoms with E-state index in [2.05, 4.69) is 15.3 Å². The molecule has 0 amide bonds. The molecule has 0 aliphatic carbocycles.